The molecule has 1 fully saturated rings. The second kappa shape index (κ2) is 7.75. The molecule has 0 saturated carbocycles. The maximum Gasteiger partial charge on any atom is 0.265 e. The molecule has 0 radical (unpaired) electrons. The zero-order valence-electron chi connectivity index (χ0n) is 15.8. The molecule has 2 aromatic heterocycles. The van der Waals surface area contributed by atoms with Crippen LogP contribution in [0.15, 0.2) is 59.5 Å². The zero-order valence-corrected chi connectivity index (χ0v) is 18.3. The molecule has 0 aliphatic carbocycles. The predicted molar refractivity (Wildman–Crippen MR) is 121 cm³/mol. The zero-order chi connectivity index (χ0) is 20.7. The van der Waals surface area contributed by atoms with Crippen LogP contribution in [0.2, 0.25) is 0 Å². The summed E-state index contributed by atoms with van der Waals surface area (Å²) in [7, 11) is -3.55. The highest BCUT2D eigenvalue weighted by Gasteiger charge is 2.26. The Balaban J connectivity index is 1.34. The molecular weight excluding hydrogens is 440 g/mol. The van der Waals surface area contributed by atoms with Crippen molar-refractivity contribution < 1.29 is 17.9 Å². The highest BCUT2D eigenvalue weighted by Crippen LogP contribution is 2.39. The average molecular weight is 459 g/mol. The molecule has 2 aromatic carbocycles. The van der Waals surface area contributed by atoms with Gasteiger partial charge in [0, 0.05) is 33.6 Å². The summed E-state index contributed by atoms with van der Waals surface area (Å²) in [5.41, 5.74) is 0.558. The molecule has 6 nitrogen and oxygen atoms in total. The summed E-state index contributed by atoms with van der Waals surface area (Å²) in [5.74, 6) is -0.198. The molecule has 4 aromatic rings. The molecule has 30 heavy (non-hydrogen) atoms. The minimum atomic E-state index is -3.55. The van der Waals surface area contributed by atoms with Crippen molar-refractivity contribution in [2.24, 2.45) is 0 Å². The third-order valence-corrected chi connectivity index (χ3v) is 9.32. The van der Waals surface area contributed by atoms with Crippen molar-refractivity contribution in [2.45, 2.75) is 4.90 Å². The van der Waals surface area contributed by atoms with Crippen molar-refractivity contribution in [1.29, 1.82) is 0 Å². The number of thiophene rings is 2. The number of morpholine rings is 1. The van der Waals surface area contributed by atoms with Crippen molar-refractivity contribution in [3.8, 4) is 0 Å². The van der Waals surface area contributed by atoms with E-state index in [4.69, 9.17) is 4.74 Å². The fourth-order valence-electron chi connectivity index (χ4n) is 3.45. The van der Waals surface area contributed by atoms with Crippen molar-refractivity contribution in [1.82, 2.24) is 4.31 Å². The van der Waals surface area contributed by atoms with Crippen molar-refractivity contribution in [3.05, 3.63) is 59.5 Å². The van der Waals surface area contributed by atoms with Crippen LogP contribution >= 0.6 is 22.7 Å². The van der Waals surface area contributed by atoms with Crippen LogP contribution in [0.3, 0.4) is 0 Å². The number of hydrogen-bond donors (Lipinski definition) is 1. The van der Waals surface area contributed by atoms with E-state index in [0.717, 1.165) is 9.40 Å². The number of anilines is 1. The standard InChI is InChI=1S/C21H18N2O4S3/c24-21(19-13-18-20(29-19)16-3-1-2-4-17(16)28-18)22-14-5-7-15(8-6-14)30(25,26)23-9-11-27-12-10-23/h1-8,13H,9-12H2,(H,22,24). The fraction of sp³-hybridized carbons (Fsp3) is 0.190. The minimum absolute atomic E-state index is 0.198. The summed E-state index contributed by atoms with van der Waals surface area (Å²) in [4.78, 5) is 13.6. The highest BCUT2D eigenvalue weighted by atomic mass is 32.2. The van der Waals surface area contributed by atoms with Crippen LogP contribution < -0.4 is 5.32 Å². The Kier molecular flexibility index (Phi) is 5.08. The Morgan fingerprint density at radius 3 is 2.47 bits per heavy atom. The molecule has 1 N–H and O–H groups in total. The second-order valence-corrected chi connectivity index (χ2v) is 11.0. The predicted octanol–water partition coefficient (Wildman–Crippen LogP) is 4.39. The number of ether oxygens (including phenoxy) is 1. The SMILES string of the molecule is O=C(Nc1ccc(S(=O)(=O)N2CCOCC2)cc1)c1cc2sc3ccccc3c2s1. The van der Waals surface area contributed by atoms with Crippen LogP contribution in [0.4, 0.5) is 5.69 Å². The van der Waals surface area contributed by atoms with Gasteiger partial charge in [-0.25, -0.2) is 8.42 Å². The third-order valence-electron chi connectivity index (χ3n) is 4.99. The van der Waals surface area contributed by atoms with Gasteiger partial charge in [0.1, 0.15) is 0 Å². The van der Waals surface area contributed by atoms with Gasteiger partial charge in [0.05, 0.1) is 27.7 Å². The second-order valence-electron chi connectivity index (χ2n) is 6.90. The molecule has 0 bridgehead atoms. The van der Waals surface area contributed by atoms with E-state index in [1.165, 1.54) is 37.9 Å². The highest BCUT2D eigenvalue weighted by molar-refractivity contribution is 7.89. The van der Waals surface area contributed by atoms with Crippen LogP contribution in [0.5, 0.6) is 0 Å². The quantitative estimate of drug-likeness (QED) is 0.492. The third kappa shape index (κ3) is 3.52. The van der Waals surface area contributed by atoms with Crippen molar-refractivity contribution >= 4 is 63.8 Å². The summed E-state index contributed by atoms with van der Waals surface area (Å²) in [6.07, 6.45) is 0. The maximum absolute atomic E-state index is 12.7. The smallest absolute Gasteiger partial charge is 0.265 e. The van der Waals surface area contributed by atoms with Crippen LogP contribution in [0.25, 0.3) is 19.5 Å². The van der Waals surface area contributed by atoms with Crippen LogP contribution in [0.1, 0.15) is 9.67 Å². The Morgan fingerprint density at radius 1 is 0.967 bits per heavy atom. The Hall–Kier alpha value is -2.30. The summed E-state index contributed by atoms with van der Waals surface area (Å²) < 4.78 is 35.5. The van der Waals surface area contributed by atoms with Gasteiger partial charge in [0.25, 0.3) is 5.91 Å². The summed E-state index contributed by atoms with van der Waals surface area (Å²) in [6.45, 7) is 1.51. The minimum Gasteiger partial charge on any atom is -0.379 e. The first-order valence-corrected chi connectivity index (χ1v) is 12.5. The van der Waals surface area contributed by atoms with Gasteiger partial charge < -0.3 is 10.1 Å². The molecule has 0 unspecified atom stereocenters. The topological polar surface area (TPSA) is 75.7 Å². The lowest BCUT2D eigenvalue weighted by Crippen LogP contribution is -2.40. The maximum atomic E-state index is 12.7. The van der Waals surface area contributed by atoms with Gasteiger partial charge in [-0.15, -0.1) is 22.7 Å². The van der Waals surface area contributed by atoms with Gasteiger partial charge in [-0.2, -0.15) is 4.31 Å². The van der Waals surface area contributed by atoms with E-state index in [1.807, 2.05) is 18.2 Å². The van der Waals surface area contributed by atoms with Gasteiger partial charge in [-0.3, -0.25) is 4.79 Å². The van der Waals surface area contributed by atoms with Crippen molar-refractivity contribution in [3.63, 3.8) is 0 Å². The van der Waals surface area contributed by atoms with E-state index in [1.54, 1.807) is 23.5 Å². The van der Waals surface area contributed by atoms with Gasteiger partial charge in [-0.05, 0) is 36.4 Å². The van der Waals surface area contributed by atoms with E-state index in [0.29, 0.717) is 36.9 Å². The average Bonchev–Trinajstić information content (AvgIpc) is 3.33. The van der Waals surface area contributed by atoms with Crippen molar-refractivity contribution in [2.75, 3.05) is 31.6 Å². The molecule has 1 amide bonds. The lowest BCUT2D eigenvalue weighted by atomic mass is 10.2. The molecule has 1 saturated heterocycles. The molecular formula is C21H18N2O4S3. The monoisotopic (exact) mass is 458 g/mol. The molecule has 5 rings (SSSR count). The number of carbonyl (C=O) groups is 1. The van der Waals surface area contributed by atoms with Crippen LogP contribution in [-0.4, -0.2) is 44.9 Å². The van der Waals surface area contributed by atoms with E-state index in [9.17, 15) is 13.2 Å². The van der Waals surface area contributed by atoms with E-state index >= 15 is 0 Å². The van der Waals surface area contributed by atoms with E-state index in [2.05, 4.69) is 17.4 Å². The van der Waals surface area contributed by atoms with Gasteiger partial charge in [0.15, 0.2) is 0 Å². The fourth-order valence-corrected chi connectivity index (χ4v) is 7.28. The summed E-state index contributed by atoms with van der Waals surface area (Å²) >= 11 is 3.15. The molecule has 0 atom stereocenters. The Labute approximate surface area is 181 Å². The first kappa shape index (κ1) is 19.7. The largest absolute Gasteiger partial charge is 0.379 e. The lowest BCUT2D eigenvalue weighted by molar-refractivity contribution is 0.0730. The van der Waals surface area contributed by atoms with E-state index < -0.39 is 10.0 Å². The van der Waals surface area contributed by atoms with Crippen LogP contribution in [0, 0.1) is 0 Å². The number of carbonyl (C=O) groups excluding carboxylic acids is 1. The summed E-state index contributed by atoms with van der Waals surface area (Å²) in [6, 6.07) is 16.4. The number of sulfonamides is 1. The Bertz CT molecular complexity index is 1330. The Morgan fingerprint density at radius 2 is 1.70 bits per heavy atom. The van der Waals surface area contributed by atoms with Gasteiger partial charge >= 0.3 is 0 Å². The van der Waals surface area contributed by atoms with Gasteiger partial charge in [-0.1, -0.05) is 18.2 Å². The number of hydrogen-bond acceptors (Lipinski definition) is 6. The summed E-state index contributed by atoms with van der Waals surface area (Å²) in [5, 5.41) is 4.03. The lowest BCUT2D eigenvalue weighted by Gasteiger charge is -2.26. The molecule has 154 valence electrons. The number of nitrogens with one attached hydrogen (secondary N) is 1. The number of amides is 1. The molecule has 1 aliphatic heterocycles. The molecule has 3 heterocycles. The van der Waals surface area contributed by atoms with Gasteiger partial charge in [0.2, 0.25) is 10.0 Å². The number of fused-ring (bicyclic) bond motifs is 3. The normalized spacial score (nSPS) is 15.6. The number of benzene rings is 2. The number of nitrogens with zero attached hydrogens (tertiary/aromatic N) is 1. The van der Waals surface area contributed by atoms with Crippen LogP contribution in [-0.2, 0) is 14.8 Å². The first-order chi connectivity index (χ1) is 14.5. The number of rotatable bonds is 4. The molecule has 9 heteroatoms. The first-order valence-electron chi connectivity index (χ1n) is 9.43. The molecule has 0 spiro atoms. The van der Waals surface area contributed by atoms with E-state index in [-0.39, 0.29) is 10.8 Å². The molecule has 1 aliphatic rings.